The molecule has 1 amide bonds. The Kier molecular flexibility index (Phi) is 8.21. The fourth-order valence-electron chi connectivity index (χ4n) is 3.13. The molecule has 7 heteroatoms. The summed E-state index contributed by atoms with van der Waals surface area (Å²) in [4.78, 5) is 14.1. The first-order valence-electron chi connectivity index (χ1n) is 9.45. The molecule has 0 bridgehead atoms. The number of nitrogen functional groups attached to an aromatic ring is 1. The second kappa shape index (κ2) is 10.6. The number of unbranched alkanes of at least 4 members (excludes halogenated alkanes) is 2. The molecule has 0 spiro atoms. The van der Waals surface area contributed by atoms with Gasteiger partial charge in [-0.1, -0.05) is 30.7 Å². The van der Waals surface area contributed by atoms with Gasteiger partial charge in [0.15, 0.2) is 0 Å². The number of rotatable bonds is 8. The standard InChI is InChI=1S/C22H25FN4O.ClH/c1-27(22(28)19-11-4-5-12-20(19)24)13-6-2-3-10-18-15-21(26-25-18)16-8-7-9-17(23)14-16;/h4-5,7-9,11-12,14-15H,2-3,6,10,13,24H2,1H3,(H,25,26);1H. The monoisotopic (exact) mass is 416 g/mol. The van der Waals surface area contributed by atoms with Crippen LogP contribution >= 0.6 is 12.4 Å². The van der Waals surface area contributed by atoms with E-state index in [0.717, 1.165) is 42.6 Å². The zero-order chi connectivity index (χ0) is 19.9. The Morgan fingerprint density at radius 2 is 1.90 bits per heavy atom. The van der Waals surface area contributed by atoms with Crippen molar-refractivity contribution >= 4 is 24.0 Å². The van der Waals surface area contributed by atoms with Gasteiger partial charge < -0.3 is 10.6 Å². The Balaban J connectivity index is 0.00000300. The van der Waals surface area contributed by atoms with Crippen LogP contribution in [0.4, 0.5) is 10.1 Å². The molecular weight excluding hydrogens is 391 g/mol. The minimum Gasteiger partial charge on any atom is -0.398 e. The van der Waals surface area contributed by atoms with Crippen LogP contribution in [0.15, 0.2) is 54.6 Å². The van der Waals surface area contributed by atoms with Crippen LogP contribution in [0.3, 0.4) is 0 Å². The molecule has 5 nitrogen and oxygen atoms in total. The van der Waals surface area contributed by atoms with Gasteiger partial charge in [-0.05, 0) is 49.6 Å². The van der Waals surface area contributed by atoms with Crippen molar-refractivity contribution < 1.29 is 9.18 Å². The number of nitrogens with zero attached hydrogens (tertiary/aromatic N) is 2. The van der Waals surface area contributed by atoms with E-state index in [1.54, 1.807) is 30.1 Å². The first kappa shape index (κ1) is 22.4. The van der Waals surface area contributed by atoms with Crippen molar-refractivity contribution in [2.75, 3.05) is 19.3 Å². The van der Waals surface area contributed by atoms with E-state index in [4.69, 9.17) is 5.73 Å². The SMILES string of the molecule is CN(CCCCCc1cc(-c2cccc(F)c2)n[nH]1)C(=O)c1ccccc1N.Cl. The van der Waals surface area contributed by atoms with Crippen LogP contribution in [0.25, 0.3) is 11.3 Å². The number of amides is 1. The molecule has 0 aliphatic carbocycles. The molecule has 0 aliphatic heterocycles. The number of H-pyrrole nitrogens is 1. The molecule has 3 N–H and O–H groups in total. The predicted octanol–water partition coefficient (Wildman–Crippen LogP) is 4.70. The number of anilines is 1. The fraction of sp³-hybridized carbons (Fsp3) is 0.273. The Labute approximate surface area is 176 Å². The van der Waals surface area contributed by atoms with Crippen molar-refractivity contribution in [3.05, 3.63) is 71.7 Å². The number of nitrogens with two attached hydrogens (primary N) is 1. The maximum absolute atomic E-state index is 13.3. The Hall–Kier alpha value is -2.86. The van der Waals surface area contributed by atoms with E-state index in [0.29, 0.717) is 17.8 Å². The molecule has 1 heterocycles. The number of carbonyl (C=O) groups excluding carboxylic acids is 1. The van der Waals surface area contributed by atoms with Crippen LogP contribution in [0.5, 0.6) is 0 Å². The lowest BCUT2D eigenvalue weighted by molar-refractivity contribution is 0.0793. The number of benzene rings is 2. The number of para-hydroxylation sites is 1. The lowest BCUT2D eigenvalue weighted by Crippen LogP contribution is -2.28. The quantitative estimate of drug-likeness (QED) is 0.412. The van der Waals surface area contributed by atoms with Crippen molar-refractivity contribution in [3.8, 4) is 11.3 Å². The molecule has 0 saturated heterocycles. The van der Waals surface area contributed by atoms with Crippen LogP contribution in [0.1, 0.15) is 35.3 Å². The van der Waals surface area contributed by atoms with Gasteiger partial charge in [0.2, 0.25) is 0 Å². The number of aromatic nitrogens is 2. The Morgan fingerprint density at radius 3 is 2.66 bits per heavy atom. The average Bonchev–Trinajstić information content (AvgIpc) is 3.16. The van der Waals surface area contributed by atoms with E-state index in [1.165, 1.54) is 12.1 Å². The van der Waals surface area contributed by atoms with Gasteiger partial charge >= 0.3 is 0 Å². The fourth-order valence-corrected chi connectivity index (χ4v) is 3.13. The van der Waals surface area contributed by atoms with Crippen molar-refractivity contribution in [1.82, 2.24) is 15.1 Å². The molecule has 2 aromatic carbocycles. The summed E-state index contributed by atoms with van der Waals surface area (Å²) in [6.45, 7) is 0.685. The highest BCUT2D eigenvalue weighted by molar-refractivity contribution is 5.98. The number of hydrogen-bond acceptors (Lipinski definition) is 3. The first-order valence-corrected chi connectivity index (χ1v) is 9.45. The molecule has 0 atom stereocenters. The molecule has 0 fully saturated rings. The van der Waals surface area contributed by atoms with Crippen molar-refractivity contribution in [3.63, 3.8) is 0 Å². The van der Waals surface area contributed by atoms with Crippen LogP contribution in [0, 0.1) is 5.82 Å². The summed E-state index contributed by atoms with van der Waals surface area (Å²) in [5, 5.41) is 7.28. The van der Waals surface area contributed by atoms with Gasteiger partial charge in [0.05, 0.1) is 11.3 Å². The van der Waals surface area contributed by atoms with E-state index in [9.17, 15) is 9.18 Å². The van der Waals surface area contributed by atoms with Gasteiger partial charge in [-0.3, -0.25) is 9.89 Å². The number of aryl methyl sites for hydroxylation is 1. The molecule has 3 aromatic rings. The van der Waals surface area contributed by atoms with Crippen LogP contribution in [0.2, 0.25) is 0 Å². The van der Waals surface area contributed by atoms with Gasteiger partial charge in [0.25, 0.3) is 5.91 Å². The van der Waals surface area contributed by atoms with Crippen molar-refractivity contribution in [2.45, 2.75) is 25.7 Å². The molecule has 3 rings (SSSR count). The molecule has 0 aliphatic rings. The first-order chi connectivity index (χ1) is 13.5. The number of carbonyl (C=O) groups is 1. The third-order valence-corrected chi connectivity index (χ3v) is 4.73. The van der Waals surface area contributed by atoms with E-state index in [-0.39, 0.29) is 24.1 Å². The molecule has 0 saturated carbocycles. The third kappa shape index (κ3) is 6.06. The number of halogens is 2. The van der Waals surface area contributed by atoms with Crippen molar-refractivity contribution in [1.29, 1.82) is 0 Å². The summed E-state index contributed by atoms with van der Waals surface area (Å²) in [6, 6.07) is 15.5. The molecule has 154 valence electrons. The van der Waals surface area contributed by atoms with Crippen LogP contribution < -0.4 is 5.73 Å². The molecule has 0 radical (unpaired) electrons. The number of hydrogen-bond donors (Lipinski definition) is 2. The third-order valence-electron chi connectivity index (χ3n) is 4.73. The summed E-state index contributed by atoms with van der Waals surface area (Å²) in [5.74, 6) is -0.315. The van der Waals surface area contributed by atoms with Gasteiger partial charge in [0.1, 0.15) is 5.82 Å². The van der Waals surface area contributed by atoms with Crippen LogP contribution in [-0.4, -0.2) is 34.6 Å². The van der Waals surface area contributed by atoms with Gasteiger partial charge in [-0.25, -0.2) is 4.39 Å². The topological polar surface area (TPSA) is 75.0 Å². The van der Waals surface area contributed by atoms with E-state index in [2.05, 4.69) is 10.2 Å². The lowest BCUT2D eigenvalue weighted by atomic mass is 10.1. The van der Waals surface area contributed by atoms with E-state index < -0.39 is 0 Å². The second-order valence-corrected chi connectivity index (χ2v) is 6.91. The molecular formula is C22H26ClFN4O. The minimum atomic E-state index is -0.266. The highest BCUT2D eigenvalue weighted by Crippen LogP contribution is 2.19. The van der Waals surface area contributed by atoms with Gasteiger partial charge in [-0.15, -0.1) is 12.4 Å². The maximum atomic E-state index is 13.3. The van der Waals surface area contributed by atoms with E-state index >= 15 is 0 Å². The summed E-state index contributed by atoms with van der Waals surface area (Å²) >= 11 is 0. The normalized spacial score (nSPS) is 10.4. The Morgan fingerprint density at radius 1 is 1.10 bits per heavy atom. The zero-order valence-electron chi connectivity index (χ0n) is 16.4. The Bertz CT molecular complexity index is 944. The average molecular weight is 417 g/mol. The maximum Gasteiger partial charge on any atom is 0.255 e. The predicted molar refractivity (Wildman–Crippen MR) is 117 cm³/mol. The summed E-state index contributed by atoms with van der Waals surface area (Å²) in [5.41, 5.74) is 9.48. The second-order valence-electron chi connectivity index (χ2n) is 6.91. The van der Waals surface area contributed by atoms with Crippen molar-refractivity contribution in [2.24, 2.45) is 0 Å². The van der Waals surface area contributed by atoms with E-state index in [1.807, 2.05) is 24.3 Å². The van der Waals surface area contributed by atoms with Crippen LogP contribution in [-0.2, 0) is 6.42 Å². The number of nitrogens with one attached hydrogen (secondary N) is 1. The summed E-state index contributed by atoms with van der Waals surface area (Å²) in [6.07, 6.45) is 3.77. The molecule has 1 aromatic heterocycles. The lowest BCUT2D eigenvalue weighted by Gasteiger charge is -2.18. The molecule has 29 heavy (non-hydrogen) atoms. The van der Waals surface area contributed by atoms with Gasteiger partial charge in [-0.2, -0.15) is 5.10 Å². The summed E-state index contributed by atoms with van der Waals surface area (Å²) < 4.78 is 13.3. The smallest absolute Gasteiger partial charge is 0.255 e. The zero-order valence-corrected chi connectivity index (χ0v) is 17.2. The highest BCUT2D eigenvalue weighted by atomic mass is 35.5. The molecule has 0 unspecified atom stereocenters. The highest BCUT2D eigenvalue weighted by Gasteiger charge is 2.13. The number of aromatic amines is 1. The van der Waals surface area contributed by atoms with Gasteiger partial charge in [0, 0.05) is 30.5 Å². The largest absolute Gasteiger partial charge is 0.398 e. The minimum absolute atomic E-state index is 0. The summed E-state index contributed by atoms with van der Waals surface area (Å²) in [7, 11) is 1.80.